The van der Waals surface area contributed by atoms with Gasteiger partial charge in [0.1, 0.15) is 0 Å². The molecule has 0 aliphatic heterocycles. The van der Waals surface area contributed by atoms with Gasteiger partial charge in [0, 0.05) is 5.02 Å². The maximum Gasteiger partial charge on any atom is 0.307 e. The molecule has 1 aromatic carbocycles. The van der Waals surface area contributed by atoms with Crippen molar-refractivity contribution in [2.75, 3.05) is 0 Å². The van der Waals surface area contributed by atoms with E-state index in [1.165, 1.54) is 0 Å². The lowest BCUT2D eigenvalue weighted by molar-refractivity contribution is -0.140. The molecule has 2 atom stereocenters. The Balaban J connectivity index is 1.70. The standard InChI is InChI=1S/C14H14ClNO3/c15-9-3-1-2-8(6-9)14(4-5-14)16-12(17)10-7-11(10)13(18)19/h1-3,6,10-11H,4-5,7H2,(H,16,17)(H,18,19)/t10-,11-/m1/s1. The zero-order valence-corrected chi connectivity index (χ0v) is 11.0. The minimum Gasteiger partial charge on any atom is -0.481 e. The van der Waals surface area contributed by atoms with E-state index in [1.54, 1.807) is 6.07 Å². The van der Waals surface area contributed by atoms with Crippen molar-refractivity contribution < 1.29 is 14.7 Å². The van der Waals surface area contributed by atoms with Gasteiger partial charge in [0.15, 0.2) is 0 Å². The van der Waals surface area contributed by atoms with E-state index in [4.69, 9.17) is 16.7 Å². The Kier molecular flexibility index (Phi) is 2.78. The van der Waals surface area contributed by atoms with Gasteiger partial charge in [0.2, 0.25) is 5.91 Å². The third kappa shape index (κ3) is 2.32. The second-order valence-electron chi connectivity index (χ2n) is 5.37. The molecule has 2 N–H and O–H groups in total. The number of nitrogens with one attached hydrogen (secondary N) is 1. The van der Waals surface area contributed by atoms with E-state index >= 15 is 0 Å². The van der Waals surface area contributed by atoms with Gasteiger partial charge in [-0.25, -0.2) is 0 Å². The number of rotatable bonds is 4. The summed E-state index contributed by atoms with van der Waals surface area (Å²) in [7, 11) is 0. The van der Waals surface area contributed by atoms with Crippen LogP contribution in [0.5, 0.6) is 0 Å². The number of hydrogen-bond donors (Lipinski definition) is 2. The van der Waals surface area contributed by atoms with Crippen LogP contribution < -0.4 is 5.32 Å². The number of carbonyl (C=O) groups excluding carboxylic acids is 1. The Hall–Kier alpha value is -1.55. The molecule has 100 valence electrons. The van der Waals surface area contributed by atoms with E-state index in [2.05, 4.69) is 5.32 Å². The summed E-state index contributed by atoms with van der Waals surface area (Å²) in [5, 5.41) is 12.5. The number of aliphatic carboxylic acids is 1. The minimum atomic E-state index is -0.882. The third-order valence-corrected chi connectivity index (χ3v) is 4.17. The number of benzene rings is 1. The van der Waals surface area contributed by atoms with E-state index in [0.717, 1.165) is 18.4 Å². The van der Waals surface area contributed by atoms with Crippen LogP contribution in [0, 0.1) is 11.8 Å². The Bertz CT molecular complexity index is 553. The fourth-order valence-electron chi connectivity index (χ4n) is 2.48. The number of amides is 1. The summed E-state index contributed by atoms with van der Waals surface area (Å²) in [5.41, 5.74) is 0.675. The molecule has 0 aromatic heterocycles. The van der Waals surface area contributed by atoms with E-state index in [-0.39, 0.29) is 17.4 Å². The molecule has 5 heteroatoms. The smallest absolute Gasteiger partial charge is 0.307 e. The largest absolute Gasteiger partial charge is 0.481 e. The Morgan fingerprint density at radius 2 is 2.05 bits per heavy atom. The summed E-state index contributed by atoms with van der Waals surface area (Å²) in [6.45, 7) is 0. The van der Waals surface area contributed by atoms with Gasteiger partial charge in [-0.15, -0.1) is 0 Å². The Morgan fingerprint density at radius 3 is 2.58 bits per heavy atom. The van der Waals surface area contributed by atoms with Gasteiger partial charge in [0.25, 0.3) is 0 Å². The van der Waals surface area contributed by atoms with Gasteiger partial charge in [-0.1, -0.05) is 23.7 Å². The van der Waals surface area contributed by atoms with Crippen LogP contribution in [0.15, 0.2) is 24.3 Å². The molecule has 1 aromatic rings. The minimum absolute atomic E-state index is 0.148. The molecule has 19 heavy (non-hydrogen) atoms. The maximum absolute atomic E-state index is 12.0. The molecular weight excluding hydrogens is 266 g/mol. The van der Waals surface area contributed by atoms with Gasteiger partial charge >= 0.3 is 5.97 Å². The van der Waals surface area contributed by atoms with E-state index < -0.39 is 11.9 Å². The average Bonchev–Trinajstić information content (AvgIpc) is 3.23. The SMILES string of the molecule is O=C(O)[C@@H]1C[C@H]1C(=O)NC1(c2cccc(Cl)c2)CC1. The first kappa shape index (κ1) is 12.5. The van der Waals surface area contributed by atoms with Crippen LogP contribution in [-0.2, 0) is 15.1 Å². The van der Waals surface area contributed by atoms with Crippen LogP contribution in [0.4, 0.5) is 0 Å². The van der Waals surface area contributed by atoms with Crippen molar-refractivity contribution in [1.82, 2.24) is 5.32 Å². The van der Waals surface area contributed by atoms with Crippen molar-refractivity contribution in [3.8, 4) is 0 Å². The van der Waals surface area contributed by atoms with Crippen molar-refractivity contribution in [3.05, 3.63) is 34.9 Å². The molecule has 2 fully saturated rings. The first-order valence-electron chi connectivity index (χ1n) is 6.33. The Labute approximate surface area is 115 Å². The van der Waals surface area contributed by atoms with Crippen molar-refractivity contribution >= 4 is 23.5 Å². The van der Waals surface area contributed by atoms with Crippen LogP contribution in [0.25, 0.3) is 0 Å². The molecule has 0 bridgehead atoms. The average molecular weight is 280 g/mol. The molecule has 0 spiro atoms. The van der Waals surface area contributed by atoms with Crippen molar-refractivity contribution in [3.63, 3.8) is 0 Å². The fourth-order valence-corrected chi connectivity index (χ4v) is 2.67. The molecule has 4 nitrogen and oxygen atoms in total. The molecule has 2 saturated carbocycles. The Morgan fingerprint density at radius 1 is 1.32 bits per heavy atom. The number of carboxylic acids is 1. The lowest BCUT2D eigenvalue weighted by atomic mass is 10.0. The van der Waals surface area contributed by atoms with Crippen LogP contribution in [0.3, 0.4) is 0 Å². The van der Waals surface area contributed by atoms with Gasteiger partial charge < -0.3 is 10.4 Å². The predicted octanol–water partition coefficient (Wildman–Crippen LogP) is 2.17. The first-order valence-corrected chi connectivity index (χ1v) is 6.70. The lowest BCUT2D eigenvalue weighted by Crippen LogP contribution is -2.36. The predicted molar refractivity (Wildman–Crippen MR) is 69.7 cm³/mol. The zero-order chi connectivity index (χ0) is 13.6. The topological polar surface area (TPSA) is 66.4 Å². The molecule has 1 amide bonds. The quantitative estimate of drug-likeness (QED) is 0.888. The molecule has 0 saturated heterocycles. The number of carboxylic acid groups (broad SMARTS) is 1. The zero-order valence-electron chi connectivity index (χ0n) is 10.2. The lowest BCUT2D eigenvalue weighted by Gasteiger charge is -2.18. The van der Waals surface area contributed by atoms with Gasteiger partial charge in [-0.05, 0) is 37.0 Å². The van der Waals surface area contributed by atoms with E-state index in [9.17, 15) is 9.59 Å². The van der Waals surface area contributed by atoms with Gasteiger partial charge in [-0.2, -0.15) is 0 Å². The van der Waals surface area contributed by atoms with Crippen molar-refractivity contribution in [2.45, 2.75) is 24.8 Å². The second-order valence-corrected chi connectivity index (χ2v) is 5.81. The highest BCUT2D eigenvalue weighted by atomic mass is 35.5. The van der Waals surface area contributed by atoms with Crippen molar-refractivity contribution in [2.24, 2.45) is 11.8 Å². The van der Waals surface area contributed by atoms with Gasteiger partial charge in [0.05, 0.1) is 17.4 Å². The monoisotopic (exact) mass is 279 g/mol. The molecule has 2 aliphatic carbocycles. The summed E-state index contributed by atoms with van der Waals surface area (Å²) >= 11 is 5.96. The van der Waals surface area contributed by atoms with Crippen LogP contribution in [0.2, 0.25) is 5.02 Å². The van der Waals surface area contributed by atoms with Crippen molar-refractivity contribution in [1.29, 1.82) is 0 Å². The highest BCUT2D eigenvalue weighted by molar-refractivity contribution is 6.30. The molecule has 2 aliphatic rings. The van der Waals surface area contributed by atoms with Crippen LogP contribution >= 0.6 is 11.6 Å². The summed E-state index contributed by atoms with van der Waals surface area (Å²) in [6.07, 6.45) is 2.21. The second kappa shape index (κ2) is 4.23. The summed E-state index contributed by atoms with van der Waals surface area (Å²) < 4.78 is 0. The van der Waals surface area contributed by atoms with Gasteiger partial charge in [-0.3, -0.25) is 9.59 Å². The number of carbonyl (C=O) groups is 2. The molecule has 0 radical (unpaired) electrons. The maximum atomic E-state index is 12.0. The van der Waals surface area contributed by atoms with E-state index in [0.29, 0.717) is 11.4 Å². The summed E-state index contributed by atoms with van der Waals surface area (Å²) in [5.74, 6) is -1.90. The van der Waals surface area contributed by atoms with E-state index in [1.807, 2.05) is 18.2 Å². The highest BCUT2D eigenvalue weighted by Crippen LogP contribution is 2.48. The van der Waals surface area contributed by atoms with Crippen LogP contribution in [-0.4, -0.2) is 17.0 Å². The highest BCUT2D eigenvalue weighted by Gasteiger charge is 2.53. The molecule has 0 heterocycles. The first-order chi connectivity index (χ1) is 9.02. The molecule has 3 rings (SSSR count). The third-order valence-electron chi connectivity index (χ3n) is 3.93. The fraction of sp³-hybridized carbons (Fsp3) is 0.429. The normalized spacial score (nSPS) is 26.6. The molecule has 0 unspecified atom stereocenters. The molecular formula is C14H14ClNO3. The summed E-state index contributed by atoms with van der Waals surface area (Å²) in [6, 6.07) is 7.46. The number of hydrogen-bond acceptors (Lipinski definition) is 2. The summed E-state index contributed by atoms with van der Waals surface area (Å²) in [4.78, 5) is 22.8. The number of halogens is 1. The van der Waals surface area contributed by atoms with Crippen LogP contribution in [0.1, 0.15) is 24.8 Å².